The van der Waals surface area contributed by atoms with Crippen LogP contribution in [0.4, 0.5) is 10.5 Å². The summed E-state index contributed by atoms with van der Waals surface area (Å²) >= 11 is 0. The minimum absolute atomic E-state index is 0.0128. The number of carboxylic acids is 1. The van der Waals surface area contributed by atoms with Crippen LogP contribution < -0.4 is 10.6 Å². The maximum Gasteiger partial charge on any atom is 0.319 e. The first-order chi connectivity index (χ1) is 11.8. The molecule has 0 spiro atoms. The van der Waals surface area contributed by atoms with Gasteiger partial charge in [-0.2, -0.15) is 0 Å². The summed E-state index contributed by atoms with van der Waals surface area (Å²) in [6, 6.07) is 15.7. The molecule has 2 aromatic carbocycles. The molecule has 2 aromatic rings. The first kappa shape index (κ1) is 18.5. The zero-order valence-electron chi connectivity index (χ0n) is 14.7. The van der Waals surface area contributed by atoms with Gasteiger partial charge in [-0.3, -0.25) is 4.79 Å². The highest BCUT2D eigenvalue weighted by Gasteiger charge is 2.20. The molecule has 2 amide bonds. The van der Waals surface area contributed by atoms with Crippen molar-refractivity contribution in [3.8, 4) is 0 Å². The SMILES string of the molecule is CC(C)(C)c1ccc([C@@H](CC(=O)O)NC(=O)Nc2ccccc2)cc1. The summed E-state index contributed by atoms with van der Waals surface area (Å²) in [5, 5.41) is 14.6. The van der Waals surface area contributed by atoms with Crippen molar-refractivity contribution >= 4 is 17.7 Å². The molecule has 0 unspecified atom stereocenters. The van der Waals surface area contributed by atoms with Crippen LogP contribution in [0.1, 0.15) is 44.4 Å². The van der Waals surface area contributed by atoms with Crippen LogP contribution in [0.3, 0.4) is 0 Å². The number of carbonyl (C=O) groups excluding carboxylic acids is 1. The fourth-order valence-corrected chi connectivity index (χ4v) is 2.49. The number of para-hydroxylation sites is 1. The highest BCUT2D eigenvalue weighted by molar-refractivity contribution is 5.89. The van der Waals surface area contributed by atoms with Gasteiger partial charge in [0.1, 0.15) is 0 Å². The lowest BCUT2D eigenvalue weighted by atomic mass is 9.86. The number of hydrogen-bond acceptors (Lipinski definition) is 2. The molecule has 0 aliphatic carbocycles. The molecule has 0 aliphatic rings. The van der Waals surface area contributed by atoms with E-state index in [1.807, 2.05) is 42.5 Å². The van der Waals surface area contributed by atoms with Gasteiger partial charge in [-0.05, 0) is 28.7 Å². The maximum absolute atomic E-state index is 12.2. The number of amides is 2. The van der Waals surface area contributed by atoms with Gasteiger partial charge in [0.2, 0.25) is 0 Å². The molecule has 3 N–H and O–H groups in total. The van der Waals surface area contributed by atoms with Crippen molar-refractivity contribution in [2.75, 3.05) is 5.32 Å². The Kier molecular flexibility index (Phi) is 5.80. The molecule has 0 heterocycles. The lowest BCUT2D eigenvalue weighted by molar-refractivity contribution is -0.137. The van der Waals surface area contributed by atoms with E-state index in [4.69, 9.17) is 5.11 Å². The second-order valence-corrected chi connectivity index (χ2v) is 6.99. The second-order valence-electron chi connectivity index (χ2n) is 6.99. The van der Waals surface area contributed by atoms with E-state index < -0.39 is 18.0 Å². The molecule has 0 fully saturated rings. The fraction of sp³-hybridized carbons (Fsp3) is 0.300. The molecular weight excluding hydrogens is 316 g/mol. The zero-order valence-corrected chi connectivity index (χ0v) is 14.7. The van der Waals surface area contributed by atoms with Gasteiger partial charge in [0, 0.05) is 5.69 Å². The van der Waals surface area contributed by atoms with Crippen molar-refractivity contribution in [2.45, 2.75) is 38.6 Å². The topological polar surface area (TPSA) is 78.4 Å². The summed E-state index contributed by atoms with van der Waals surface area (Å²) < 4.78 is 0. The number of aliphatic carboxylic acids is 1. The number of rotatable bonds is 5. The molecule has 5 heteroatoms. The van der Waals surface area contributed by atoms with Crippen LogP contribution >= 0.6 is 0 Å². The van der Waals surface area contributed by atoms with Crippen molar-refractivity contribution in [1.82, 2.24) is 5.32 Å². The average Bonchev–Trinajstić information content (AvgIpc) is 2.54. The van der Waals surface area contributed by atoms with E-state index in [1.165, 1.54) is 0 Å². The van der Waals surface area contributed by atoms with Gasteiger partial charge in [0.05, 0.1) is 12.5 Å². The fourth-order valence-electron chi connectivity index (χ4n) is 2.49. The smallest absolute Gasteiger partial charge is 0.319 e. The molecule has 132 valence electrons. The monoisotopic (exact) mass is 340 g/mol. The van der Waals surface area contributed by atoms with E-state index in [0.29, 0.717) is 5.69 Å². The standard InChI is InChI=1S/C20H24N2O3/c1-20(2,3)15-11-9-14(10-12-15)17(13-18(23)24)22-19(25)21-16-7-5-4-6-8-16/h4-12,17H,13H2,1-3H3,(H,23,24)(H2,21,22,25)/t17-/m1/s1. The number of carbonyl (C=O) groups is 2. The number of anilines is 1. The van der Waals surface area contributed by atoms with Crippen molar-refractivity contribution in [1.29, 1.82) is 0 Å². The summed E-state index contributed by atoms with van der Waals surface area (Å²) in [4.78, 5) is 23.4. The van der Waals surface area contributed by atoms with Gasteiger partial charge in [0.15, 0.2) is 0 Å². The van der Waals surface area contributed by atoms with Crippen LogP contribution in [0.25, 0.3) is 0 Å². The summed E-state index contributed by atoms with van der Waals surface area (Å²) in [6.45, 7) is 6.34. The predicted molar refractivity (Wildman–Crippen MR) is 98.7 cm³/mol. The van der Waals surface area contributed by atoms with Crippen LogP contribution in [-0.4, -0.2) is 17.1 Å². The Balaban J connectivity index is 2.13. The molecule has 0 aromatic heterocycles. The lowest BCUT2D eigenvalue weighted by Crippen LogP contribution is -2.33. The molecule has 5 nitrogen and oxygen atoms in total. The Morgan fingerprint density at radius 2 is 1.60 bits per heavy atom. The number of urea groups is 1. The van der Waals surface area contributed by atoms with Gasteiger partial charge in [-0.25, -0.2) is 4.79 Å². The van der Waals surface area contributed by atoms with E-state index in [2.05, 4.69) is 31.4 Å². The van der Waals surface area contributed by atoms with Gasteiger partial charge >= 0.3 is 12.0 Å². The highest BCUT2D eigenvalue weighted by Crippen LogP contribution is 2.25. The van der Waals surface area contributed by atoms with E-state index in [-0.39, 0.29) is 11.8 Å². The van der Waals surface area contributed by atoms with Crippen LogP contribution in [0, 0.1) is 0 Å². The summed E-state index contributed by atoms with van der Waals surface area (Å²) in [6.07, 6.45) is -0.183. The summed E-state index contributed by atoms with van der Waals surface area (Å²) in [7, 11) is 0. The molecule has 2 rings (SSSR count). The zero-order chi connectivity index (χ0) is 18.4. The number of hydrogen-bond donors (Lipinski definition) is 3. The van der Waals surface area contributed by atoms with Crippen LogP contribution in [-0.2, 0) is 10.2 Å². The van der Waals surface area contributed by atoms with Crippen molar-refractivity contribution < 1.29 is 14.7 Å². The molecule has 0 radical (unpaired) electrons. The normalized spacial score (nSPS) is 12.3. The third-order valence-electron chi connectivity index (χ3n) is 3.89. The van der Waals surface area contributed by atoms with Gasteiger partial charge in [-0.15, -0.1) is 0 Å². The minimum Gasteiger partial charge on any atom is -0.481 e. The highest BCUT2D eigenvalue weighted by atomic mass is 16.4. The minimum atomic E-state index is -0.968. The van der Waals surface area contributed by atoms with Gasteiger partial charge < -0.3 is 15.7 Å². The lowest BCUT2D eigenvalue weighted by Gasteiger charge is -2.22. The Bertz CT molecular complexity index is 719. The Morgan fingerprint density at radius 3 is 2.12 bits per heavy atom. The molecule has 0 bridgehead atoms. The molecule has 1 atom stereocenters. The predicted octanol–water partition coefficient (Wildman–Crippen LogP) is 4.32. The molecule has 0 saturated carbocycles. The third-order valence-corrected chi connectivity index (χ3v) is 3.89. The second kappa shape index (κ2) is 7.83. The third kappa shape index (κ3) is 5.64. The summed E-state index contributed by atoms with van der Waals surface area (Å²) in [5.41, 5.74) is 2.58. The molecular formula is C20H24N2O3. The average molecular weight is 340 g/mol. The summed E-state index contributed by atoms with van der Waals surface area (Å²) in [5.74, 6) is -0.968. The van der Waals surface area contributed by atoms with E-state index >= 15 is 0 Å². The van der Waals surface area contributed by atoms with Crippen LogP contribution in [0.2, 0.25) is 0 Å². The number of carboxylic acid groups (broad SMARTS) is 1. The number of nitrogens with one attached hydrogen (secondary N) is 2. The van der Waals surface area contributed by atoms with Crippen molar-refractivity contribution in [3.63, 3.8) is 0 Å². The molecule has 25 heavy (non-hydrogen) atoms. The molecule has 0 aliphatic heterocycles. The Labute approximate surface area is 148 Å². The van der Waals surface area contributed by atoms with Gasteiger partial charge in [0.25, 0.3) is 0 Å². The maximum atomic E-state index is 12.2. The first-order valence-corrected chi connectivity index (χ1v) is 8.20. The largest absolute Gasteiger partial charge is 0.481 e. The van der Waals surface area contributed by atoms with Crippen LogP contribution in [0.5, 0.6) is 0 Å². The Hall–Kier alpha value is -2.82. The van der Waals surface area contributed by atoms with Gasteiger partial charge in [-0.1, -0.05) is 63.2 Å². The van der Waals surface area contributed by atoms with Crippen LogP contribution in [0.15, 0.2) is 54.6 Å². The van der Waals surface area contributed by atoms with E-state index in [0.717, 1.165) is 11.1 Å². The van der Waals surface area contributed by atoms with Crippen molar-refractivity contribution in [2.24, 2.45) is 0 Å². The first-order valence-electron chi connectivity index (χ1n) is 8.20. The van der Waals surface area contributed by atoms with Crippen molar-refractivity contribution in [3.05, 3.63) is 65.7 Å². The Morgan fingerprint density at radius 1 is 1.00 bits per heavy atom. The van der Waals surface area contributed by atoms with E-state index in [1.54, 1.807) is 12.1 Å². The molecule has 0 saturated heterocycles. The van der Waals surface area contributed by atoms with E-state index in [9.17, 15) is 9.59 Å². The number of benzene rings is 2. The quantitative estimate of drug-likeness (QED) is 0.758.